The Bertz CT molecular complexity index is 833. The summed E-state index contributed by atoms with van der Waals surface area (Å²) in [6, 6.07) is 14.5. The third kappa shape index (κ3) is 2.83. The molecule has 2 aromatic rings. The molecule has 7 nitrogen and oxygen atoms in total. The summed E-state index contributed by atoms with van der Waals surface area (Å²) in [5.74, 6) is 0. The predicted molar refractivity (Wildman–Crippen MR) is 84.4 cm³/mol. The molecule has 1 saturated heterocycles. The monoisotopic (exact) mass is 333 g/mol. The molecule has 3 rings (SSSR count). The summed E-state index contributed by atoms with van der Waals surface area (Å²) in [4.78, 5) is 10.1. The summed E-state index contributed by atoms with van der Waals surface area (Å²) in [6.07, 6.45) is 0. The second-order valence-electron chi connectivity index (χ2n) is 5.38. The summed E-state index contributed by atoms with van der Waals surface area (Å²) < 4.78 is 28.0. The summed E-state index contributed by atoms with van der Waals surface area (Å²) in [6.45, 7) is 0.855. The number of rotatable bonds is 5. The van der Waals surface area contributed by atoms with Gasteiger partial charge in [-0.25, -0.2) is 8.42 Å². The first kappa shape index (κ1) is 15.6. The Labute approximate surface area is 133 Å². The van der Waals surface area contributed by atoms with Crippen LogP contribution in [0.2, 0.25) is 0 Å². The Hall–Kier alpha value is -2.29. The van der Waals surface area contributed by atoms with Gasteiger partial charge in [-0.3, -0.25) is 10.1 Å². The minimum absolute atomic E-state index is 0.327. The average Bonchev–Trinajstić information content (AvgIpc) is 2.52. The molecule has 0 aliphatic carbocycles. The van der Waals surface area contributed by atoms with Crippen molar-refractivity contribution in [2.45, 2.75) is 10.4 Å². The third-order valence-corrected chi connectivity index (χ3v) is 5.44. The Balaban J connectivity index is 2.00. The maximum atomic E-state index is 12.7. The summed E-state index contributed by atoms with van der Waals surface area (Å²) in [7, 11) is -4.03. The number of sulfonamides is 1. The molecule has 23 heavy (non-hydrogen) atoms. The normalized spacial score (nSPS) is 16.5. The van der Waals surface area contributed by atoms with E-state index >= 15 is 0 Å². The van der Waals surface area contributed by atoms with Gasteiger partial charge in [0.05, 0.1) is 10.5 Å². The Kier molecular flexibility index (Phi) is 3.88. The molecule has 0 saturated carbocycles. The fraction of sp³-hybridized carbons (Fsp3) is 0.200. The van der Waals surface area contributed by atoms with E-state index in [9.17, 15) is 18.5 Å². The van der Waals surface area contributed by atoms with Crippen LogP contribution < -0.4 is 10.0 Å². The van der Waals surface area contributed by atoms with Gasteiger partial charge in [0.2, 0.25) is 10.0 Å². The van der Waals surface area contributed by atoms with Crippen molar-refractivity contribution in [3.8, 4) is 0 Å². The molecule has 120 valence electrons. The maximum Gasteiger partial charge on any atom is 0.289 e. The lowest BCUT2D eigenvalue weighted by Crippen LogP contribution is -2.66. The largest absolute Gasteiger partial charge is 0.312 e. The van der Waals surface area contributed by atoms with Gasteiger partial charge in [0.1, 0.15) is 0 Å². The lowest BCUT2D eigenvalue weighted by molar-refractivity contribution is -0.387. The van der Waals surface area contributed by atoms with Crippen LogP contribution in [0.1, 0.15) is 5.56 Å². The van der Waals surface area contributed by atoms with Crippen molar-refractivity contribution in [3.63, 3.8) is 0 Å². The second-order valence-corrected chi connectivity index (χ2v) is 7.03. The quantitative estimate of drug-likeness (QED) is 0.636. The Morgan fingerprint density at radius 1 is 1.04 bits per heavy atom. The molecule has 0 bridgehead atoms. The molecule has 0 spiro atoms. The predicted octanol–water partition coefficient (Wildman–Crippen LogP) is 1.37. The molecule has 0 unspecified atom stereocenters. The van der Waals surface area contributed by atoms with E-state index in [2.05, 4.69) is 10.0 Å². The Morgan fingerprint density at radius 3 is 2.22 bits per heavy atom. The SMILES string of the molecule is O=[N+]([O-])c1ccccc1S(=O)(=O)NC1(c2ccccc2)CNC1. The minimum Gasteiger partial charge on any atom is -0.312 e. The molecule has 0 radical (unpaired) electrons. The highest BCUT2D eigenvalue weighted by Gasteiger charge is 2.43. The van der Waals surface area contributed by atoms with Crippen molar-refractivity contribution in [2.24, 2.45) is 0 Å². The minimum atomic E-state index is -4.03. The van der Waals surface area contributed by atoms with Crippen LogP contribution >= 0.6 is 0 Å². The van der Waals surface area contributed by atoms with Crippen molar-refractivity contribution >= 4 is 15.7 Å². The fourth-order valence-electron chi connectivity index (χ4n) is 2.61. The van der Waals surface area contributed by atoms with E-state index in [-0.39, 0.29) is 4.90 Å². The zero-order valence-electron chi connectivity index (χ0n) is 12.1. The maximum absolute atomic E-state index is 12.7. The highest BCUT2D eigenvalue weighted by molar-refractivity contribution is 7.89. The van der Waals surface area contributed by atoms with Gasteiger partial charge in [0.15, 0.2) is 4.90 Å². The van der Waals surface area contributed by atoms with Gasteiger partial charge in [0, 0.05) is 19.2 Å². The van der Waals surface area contributed by atoms with E-state index < -0.39 is 26.2 Å². The van der Waals surface area contributed by atoms with Crippen molar-refractivity contribution < 1.29 is 13.3 Å². The number of para-hydroxylation sites is 1. The molecule has 1 fully saturated rings. The molecular formula is C15H15N3O4S. The molecule has 1 aliphatic heterocycles. The average molecular weight is 333 g/mol. The zero-order chi connectivity index (χ0) is 16.5. The summed E-state index contributed by atoms with van der Waals surface area (Å²) >= 11 is 0. The van der Waals surface area contributed by atoms with Gasteiger partial charge < -0.3 is 5.32 Å². The summed E-state index contributed by atoms with van der Waals surface area (Å²) in [5, 5.41) is 14.1. The van der Waals surface area contributed by atoms with E-state index in [0.29, 0.717) is 13.1 Å². The molecule has 8 heteroatoms. The standard InChI is InChI=1S/C15H15N3O4S/c19-18(20)13-8-4-5-9-14(13)23(21,22)17-15(10-16-11-15)12-6-2-1-3-7-12/h1-9,16-17H,10-11H2. The zero-order valence-corrected chi connectivity index (χ0v) is 12.9. The van der Waals surface area contributed by atoms with Gasteiger partial charge in [-0.2, -0.15) is 4.72 Å². The van der Waals surface area contributed by atoms with E-state index in [4.69, 9.17) is 0 Å². The Morgan fingerprint density at radius 2 is 1.65 bits per heavy atom. The third-order valence-electron chi connectivity index (χ3n) is 3.86. The van der Waals surface area contributed by atoms with Crippen LogP contribution in [0.3, 0.4) is 0 Å². The number of nitrogens with one attached hydrogen (secondary N) is 2. The van der Waals surface area contributed by atoms with E-state index in [0.717, 1.165) is 5.56 Å². The molecule has 1 aliphatic rings. The first-order chi connectivity index (χ1) is 10.9. The van der Waals surface area contributed by atoms with Gasteiger partial charge >= 0.3 is 0 Å². The molecule has 1 heterocycles. The topological polar surface area (TPSA) is 101 Å². The molecule has 2 aromatic carbocycles. The number of hydrogen-bond donors (Lipinski definition) is 2. The van der Waals surface area contributed by atoms with Crippen LogP contribution in [0.4, 0.5) is 5.69 Å². The van der Waals surface area contributed by atoms with E-state index in [1.165, 1.54) is 24.3 Å². The lowest BCUT2D eigenvalue weighted by atomic mass is 9.85. The van der Waals surface area contributed by atoms with Gasteiger partial charge in [0.25, 0.3) is 5.69 Å². The summed E-state index contributed by atoms with van der Waals surface area (Å²) in [5.41, 5.74) is -0.402. The van der Waals surface area contributed by atoms with Crippen LogP contribution in [0.5, 0.6) is 0 Å². The van der Waals surface area contributed by atoms with Crippen molar-refractivity contribution in [1.82, 2.24) is 10.0 Å². The smallest absolute Gasteiger partial charge is 0.289 e. The van der Waals surface area contributed by atoms with Crippen molar-refractivity contribution in [2.75, 3.05) is 13.1 Å². The van der Waals surface area contributed by atoms with Crippen LogP contribution in [0, 0.1) is 10.1 Å². The van der Waals surface area contributed by atoms with Crippen molar-refractivity contribution in [3.05, 3.63) is 70.3 Å². The van der Waals surface area contributed by atoms with Crippen LogP contribution in [-0.2, 0) is 15.6 Å². The number of nitrogens with zero attached hydrogens (tertiary/aromatic N) is 1. The van der Waals surface area contributed by atoms with Crippen molar-refractivity contribution in [1.29, 1.82) is 0 Å². The molecular weight excluding hydrogens is 318 g/mol. The molecule has 0 amide bonds. The molecule has 0 aromatic heterocycles. The van der Waals surface area contributed by atoms with Gasteiger partial charge in [-0.15, -0.1) is 0 Å². The second kappa shape index (κ2) is 5.73. The number of nitro benzene ring substituents is 1. The van der Waals surface area contributed by atoms with E-state index in [1.54, 1.807) is 0 Å². The first-order valence-electron chi connectivity index (χ1n) is 6.98. The highest BCUT2D eigenvalue weighted by atomic mass is 32.2. The van der Waals surface area contributed by atoms with Crippen LogP contribution in [0.15, 0.2) is 59.5 Å². The fourth-order valence-corrected chi connectivity index (χ4v) is 4.18. The van der Waals surface area contributed by atoms with Gasteiger partial charge in [-0.05, 0) is 11.6 Å². The lowest BCUT2D eigenvalue weighted by Gasteiger charge is -2.43. The van der Waals surface area contributed by atoms with Gasteiger partial charge in [-0.1, -0.05) is 42.5 Å². The van der Waals surface area contributed by atoms with Crippen LogP contribution in [-0.4, -0.2) is 26.4 Å². The first-order valence-corrected chi connectivity index (χ1v) is 8.47. The highest BCUT2D eigenvalue weighted by Crippen LogP contribution is 2.30. The van der Waals surface area contributed by atoms with E-state index in [1.807, 2.05) is 30.3 Å². The number of nitro groups is 1. The van der Waals surface area contributed by atoms with Crippen LogP contribution in [0.25, 0.3) is 0 Å². The molecule has 2 N–H and O–H groups in total. The number of hydrogen-bond acceptors (Lipinski definition) is 5. The number of benzene rings is 2. The molecule has 0 atom stereocenters.